The molecule has 0 saturated carbocycles. The first-order valence-corrected chi connectivity index (χ1v) is 4.88. The summed E-state index contributed by atoms with van der Waals surface area (Å²) in [5.74, 6) is 0. The van der Waals surface area contributed by atoms with E-state index in [1.54, 1.807) is 0 Å². The summed E-state index contributed by atoms with van der Waals surface area (Å²) < 4.78 is 0. The lowest BCUT2D eigenvalue weighted by atomic mass is 10.3. The Bertz CT molecular complexity index is 189. The van der Waals surface area contributed by atoms with Gasteiger partial charge < -0.3 is 15.5 Å². The highest BCUT2D eigenvalue weighted by Crippen LogP contribution is 1.98. The number of hydrogen-bond donors (Lipinski definition) is 1. The summed E-state index contributed by atoms with van der Waals surface area (Å²) >= 11 is 0. The minimum Gasteiger partial charge on any atom is -0.351 e. The zero-order valence-electron chi connectivity index (χ0n) is 8.78. The van der Waals surface area contributed by atoms with Crippen molar-refractivity contribution in [2.45, 2.75) is 0 Å². The summed E-state index contributed by atoms with van der Waals surface area (Å²) in [6.07, 6.45) is 0. The minimum absolute atomic E-state index is 0.459. The van der Waals surface area contributed by atoms with Crippen LogP contribution in [-0.4, -0.2) is 67.0 Å². The molecule has 1 heterocycles. The van der Waals surface area contributed by atoms with Crippen molar-refractivity contribution in [2.75, 3.05) is 46.3 Å². The Morgan fingerprint density at radius 1 is 1.43 bits per heavy atom. The fourth-order valence-corrected chi connectivity index (χ4v) is 1.44. The first-order chi connectivity index (χ1) is 6.59. The van der Waals surface area contributed by atoms with Crippen LogP contribution in [0.25, 0.3) is 0 Å². The molecule has 0 aromatic carbocycles. The van der Waals surface area contributed by atoms with Crippen molar-refractivity contribution in [1.29, 1.82) is 0 Å². The Morgan fingerprint density at radius 2 is 2.00 bits per heavy atom. The largest absolute Gasteiger partial charge is 0.351 e. The topological polar surface area (TPSA) is 52.8 Å². The van der Waals surface area contributed by atoms with Crippen LogP contribution in [0.1, 0.15) is 0 Å². The number of primary amides is 1. The SMILES string of the molecule is [CH2]N(CCN1CCN(C)CC1)C(N)=O. The number of amides is 2. The summed E-state index contributed by atoms with van der Waals surface area (Å²) in [6, 6.07) is -0.459. The Labute approximate surface area is 85.4 Å². The van der Waals surface area contributed by atoms with E-state index in [2.05, 4.69) is 23.9 Å². The number of rotatable bonds is 3. The molecule has 2 amide bonds. The zero-order chi connectivity index (χ0) is 10.6. The van der Waals surface area contributed by atoms with Crippen molar-refractivity contribution in [3.8, 4) is 0 Å². The van der Waals surface area contributed by atoms with Gasteiger partial charge in [0.05, 0.1) is 0 Å². The number of piperazine rings is 1. The van der Waals surface area contributed by atoms with Gasteiger partial charge in [-0.3, -0.25) is 4.90 Å². The zero-order valence-corrected chi connectivity index (χ0v) is 8.78. The molecule has 81 valence electrons. The molecule has 14 heavy (non-hydrogen) atoms. The van der Waals surface area contributed by atoms with E-state index < -0.39 is 6.03 Å². The lowest BCUT2D eigenvalue weighted by molar-refractivity contribution is 0.145. The van der Waals surface area contributed by atoms with Crippen molar-refractivity contribution in [3.05, 3.63) is 7.05 Å². The Balaban J connectivity index is 2.16. The molecule has 5 nitrogen and oxygen atoms in total. The van der Waals surface area contributed by atoms with Gasteiger partial charge >= 0.3 is 6.03 Å². The van der Waals surface area contributed by atoms with Gasteiger partial charge in [-0.15, -0.1) is 0 Å². The second-order valence-corrected chi connectivity index (χ2v) is 3.75. The van der Waals surface area contributed by atoms with E-state index in [4.69, 9.17) is 5.73 Å². The van der Waals surface area contributed by atoms with Gasteiger partial charge in [0.15, 0.2) is 0 Å². The van der Waals surface area contributed by atoms with Crippen molar-refractivity contribution < 1.29 is 4.79 Å². The van der Waals surface area contributed by atoms with Gasteiger partial charge in [0.25, 0.3) is 0 Å². The van der Waals surface area contributed by atoms with Gasteiger partial charge in [-0.05, 0) is 7.05 Å². The van der Waals surface area contributed by atoms with Crippen LogP contribution in [0.3, 0.4) is 0 Å². The number of carbonyl (C=O) groups excluding carboxylic acids is 1. The molecule has 0 spiro atoms. The molecule has 1 aliphatic heterocycles. The molecule has 0 aliphatic carbocycles. The van der Waals surface area contributed by atoms with Gasteiger partial charge in [0, 0.05) is 46.3 Å². The number of carbonyl (C=O) groups is 1. The molecule has 5 heteroatoms. The maximum atomic E-state index is 10.7. The van der Waals surface area contributed by atoms with Crippen LogP contribution in [-0.2, 0) is 0 Å². The third-order valence-electron chi connectivity index (χ3n) is 2.59. The van der Waals surface area contributed by atoms with E-state index in [0.29, 0.717) is 6.54 Å². The van der Waals surface area contributed by atoms with Gasteiger partial charge in [0.1, 0.15) is 0 Å². The predicted octanol–water partition coefficient (Wildman–Crippen LogP) is -0.594. The summed E-state index contributed by atoms with van der Waals surface area (Å²) in [5, 5.41) is 0. The average Bonchev–Trinajstić information content (AvgIpc) is 2.16. The molecule has 0 aromatic heterocycles. The fraction of sp³-hybridized carbons (Fsp3) is 0.778. The smallest absolute Gasteiger partial charge is 0.314 e. The highest BCUT2D eigenvalue weighted by atomic mass is 16.2. The second kappa shape index (κ2) is 5.17. The highest BCUT2D eigenvalue weighted by Gasteiger charge is 2.14. The van der Waals surface area contributed by atoms with E-state index in [9.17, 15) is 4.79 Å². The highest BCUT2D eigenvalue weighted by molar-refractivity contribution is 5.72. The number of likely N-dealkylation sites (N-methyl/N-ethyl adjacent to an activating group) is 1. The van der Waals surface area contributed by atoms with E-state index in [-0.39, 0.29) is 0 Å². The van der Waals surface area contributed by atoms with Crippen molar-refractivity contribution >= 4 is 6.03 Å². The third kappa shape index (κ3) is 3.51. The number of nitrogens with zero attached hydrogens (tertiary/aromatic N) is 3. The molecule has 0 unspecified atom stereocenters. The monoisotopic (exact) mass is 199 g/mol. The molecule has 1 saturated heterocycles. The van der Waals surface area contributed by atoms with Crippen LogP contribution in [0.5, 0.6) is 0 Å². The molecule has 0 atom stereocenters. The van der Waals surface area contributed by atoms with E-state index in [0.717, 1.165) is 32.7 Å². The van der Waals surface area contributed by atoms with Crippen LogP contribution in [0.2, 0.25) is 0 Å². The molecule has 2 N–H and O–H groups in total. The molecule has 1 aliphatic rings. The van der Waals surface area contributed by atoms with Gasteiger partial charge in [-0.2, -0.15) is 0 Å². The maximum absolute atomic E-state index is 10.7. The van der Waals surface area contributed by atoms with Gasteiger partial charge in [0.2, 0.25) is 0 Å². The Morgan fingerprint density at radius 3 is 2.50 bits per heavy atom. The van der Waals surface area contributed by atoms with Crippen LogP contribution in [0.15, 0.2) is 0 Å². The first-order valence-electron chi connectivity index (χ1n) is 4.88. The summed E-state index contributed by atoms with van der Waals surface area (Å²) in [7, 11) is 5.68. The molecular weight excluding hydrogens is 180 g/mol. The van der Waals surface area contributed by atoms with Crippen LogP contribution >= 0.6 is 0 Å². The third-order valence-corrected chi connectivity index (χ3v) is 2.59. The standard InChI is InChI=1S/C9H19N4O/c1-11-3-6-13(7-4-11)8-5-12(2)9(10)14/h2-8H2,1H3,(H2,10,14). The van der Waals surface area contributed by atoms with Gasteiger partial charge in [-0.25, -0.2) is 4.79 Å². The molecular formula is C9H19N4O. The predicted molar refractivity (Wildman–Crippen MR) is 55.6 cm³/mol. The number of nitrogens with two attached hydrogens (primary N) is 1. The Kier molecular flexibility index (Phi) is 4.16. The van der Waals surface area contributed by atoms with E-state index in [1.807, 2.05) is 0 Å². The lowest BCUT2D eigenvalue weighted by Gasteiger charge is -2.33. The Hall–Kier alpha value is -0.810. The molecule has 1 fully saturated rings. The van der Waals surface area contributed by atoms with Gasteiger partial charge in [-0.1, -0.05) is 0 Å². The molecule has 0 aromatic rings. The van der Waals surface area contributed by atoms with Crippen LogP contribution in [0, 0.1) is 7.05 Å². The quantitative estimate of drug-likeness (QED) is 0.661. The van der Waals surface area contributed by atoms with Crippen molar-refractivity contribution in [1.82, 2.24) is 14.7 Å². The summed E-state index contributed by atoms with van der Waals surface area (Å²) in [4.78, 5) is 16.6. The second-order valence-electron chi connectivity index (χ2n) is 3.75. The minimum atomic E-state index is -0.459. The molecule has 1 radical (unpaired) electrons. The van der Waals surface area contributed by atoms with E-state index >= 15 is 0 Å². The molecule has 1 rings (SSSR count). The van der Waals surface area contributed by atoms with Crippen LogP contribution in [0.4, 0.5) is 4.79 Å². The fourth-order valence-electron chi connectivity index (χ4n) is 1.44. The van der Waals surface area contributed by atoms with Crippen molar-refractivity contribution in [2.24, 2.45) is 5.73 Å². The first kappa shape index (κ1) is 11.3. The molecule has 0 bridgehead atoms. The summed E-state index contributed by atoms with van der Waals surface area (Å²) in [5.41, 5.74) is 5.07. The van der Waals surface area contributed by atoms with E-state index in [1.165, 1.54) is 4.90 Å². The number of hydrogen-bond acceptors (Lipinski definition) is 3. The maximum Gasteiger partial charge on any atom is 0.314 e. The number of urea groups is 1. The lowest BCUT2D eigenvalue weighted by Crippen LogP contribution is -2.47. The van der Waals surface area contributed by atoms with Crippen molar-refractivity contribution in [3.63, 3.8) is 0 Å². The van der Waals surface area contributed by atoms with Crippen LogP contribution < -0.4 is 5.73 Å². The normalized spacial score (nSPS) is 19.6. The average molecular weight is 199 g/mol. The summed E-state index contributed by atoms with van der Waals surface area (Å²) in [6.45, 7) is 5.77.